The molecule has 2 nitrogen and oxygen atoms in total. The highest BCUT2D eigenvalue weighted by Crippen LogP contribution is 2.23. The smallest absolute Gasteiger partial charge is 0.0584 e. The maximum Gasteiger partial charge on any atom is 0.0584 e. The third-order valence-electron chi connectivity index (χ3n) is 2.26. The maximum absolute atomic E-state index is 9.28. The lowest BCUT2D eigenvalue weighted by atomic mass is 10.0. The van der Waals surface area contributed by atoms with Gasteiger partial charge in [-0.1, -0.05) is 34.6 Å². The largest absolute Gasteiger partial charge is 0.395 e. The van der Waals surface area contributed by atoms with Crippen LogP contribution in [0.5, 0.6) is 0 Å². The van der Waals surface area contributed by atoms with Crippen molar-refractivity contribution in [1.82, 2.24) is 5.32 Å². The Kier molecular flexibility index (Phi) is 7.70. The molecule has 0 aliphatic carbocycles. The van der Waals surface area contributed by atoms with Crippen LogP contribution in [0.25, 0.3) is 0 Å². The Hall–Kier alpha value is 0.270. The molecule has 0 rings (SSSR count). The molecule has 0 fully saturated rings. The van der Waals surface area contributed by atoms with Crippen LogP contribution >= 0.6 is 11.8 Å². The van der Waals surface area contributed by atoms with Crippen molar-refractivity contribution in [3.63, 3.8) is 0 Å². The van der Waals surface area contributed by atoms with Crippen LogP contribution in [0.1, 0.15) is 48.0 Å². The third-order valence-corrected chi connectivity index (χ3v) is 3.80. The maximum atomic E-state index is 9.28. The summed E-state index contributed by atoms with van der Waals surface area (Å²) >= 11 is 1.97. The van der Waals surface area contributed by atoms with Gasteiger partial charge >= 0.3 is 0 Å². The number of rotatable bonds is 7. The topological polar surface area (TPSA) is 32.3 Å². The fourth-order valence-electron chi connectivity index (χ4n) is 1.59. The fourth-order valence-corrected chi connectivity index (χ4v) is 2.44. The Morgan fingerprint density at radius 2 is 1.75 bits per heavy atom. The molecule has 0 aromatic carbocycles. The summed E-state index contributed by atoms with van der Waals surface area (Å²) < 4.78 is 0.322. The molecule has 98 valence electrons. The molecule has 2 unspecified atom stereocenters. The molecule has 0 aliphatic heterocycles. The molecule has 0 saturated carbocycles. The van der Waals surface area contributed by atoms with Crippen LogP contribution < -0.4 is 5.32 Å². The molecule has 0 heterocycles. The molecule has 0 aliphatic rings. The standard InChI is InChI=1S/C13H29NOS/c1-10(2)7-12(8-15)14-11(3)9-16-13(4,5)6/h10-12,14-15H,7-9H2,1-6H3. The summed E-state index contributed by atoms with van der Waals surface area (Å²) in [6.07, 6.45) is 1.04. The first kappa shape index (κ1) is 16.3. The van der Waals surface area contributed by atoms with Crippen molar-refractivity contribution in [1.29, 1.82) is 0 Å². The van der Waals surface area contributed by atoms with Crippen molar-refractivity contribution >= 4 is 11.8 Å². The summed E-state index contributed by atoms with van der Waals surface area (Å²) in [6.45, 7) is 13.5. The van der Waals surface area contributed by atoms with Crippen molar-refractivity contribution in [3.05, 3.63) is 0 Å². The van der Waals surface area contributed by atoms with Crippen LogP contribution in [-0.2, 0) is 0 Å². The van der Waals surface area contributed by atoms with Gasteiger partial charge in [0.2, 0.25) is 0 Å². The van der Waals surface area contributed by atoms with Crippen molar-refractivity contribution in [2.45, 2.75) is 64.8 Å². The summed E-state index contributed by atoms with van der Waals surface area (Å²) in [7, 11) is 0. The molecule has 0 aromatic rings. The van der Waals surface area contributed by atoms with E-state index in [1.165, 1.54) is 0 Å². The Bertz CT molecular complexity index is 177. The summed E-state index contributed by atoms with van der Waals surface area (Å²) in [5.74, 6) is 1.73. The van der Waals surface area contributed by atoms with E-state index in [0.717, 1.165) is 12.2 Å². The first-order valence-electron chi connectivity index (χ1n) is 6.25. The molecule has 2 atom stereocenters. The SMILES string of the molecule is CC(C)CC(CO)NC(C)CSC(C)(C)C. The average Bonchev–Trinajstić information content (AvgIpc) is 2.12. The van der Waals surface area contributed by atoms with Gasteiger partial charge in [-0.3, -0.25) is 0 Å². The van der Waals surface area contributed by atoms with E-state index in [0.29, 0.717) is 16.7 Å². The highest BCUT2D eigenvalue weighted by molar-refractivity contribution is 8.00. The molecule has 0 bridgehead atoms. The lowest BCUT2D eigenvalue weighted by molar-refractivity contribution is 0.217. The van der Waals surface area contributed by atoms with Gasteiger partial charge in [0.05, 0.1) is 6.61 Å². The first-order valence-corrected chi connectivity index (χ1v) is 7.24. The third kappa shape index (κ3) is 9.49. The number of hydrogen-bond donors (Lipinski definition) is 2. The average molecular weight is 247 g/mol. The molecular formula is C13H29NOS. The van der Waals surface area contributed by atoms with Crippen molar-refractivity contribution in [3.8, 4) is 0 Å². The van der Waals surface area contributed by atoms with E-state index >= 15 is 0 Å². The predicted octanol–water partition coefficient (Wildman–Crippen LogP) is 2.90. The van der Waals surface area contributed by atoms with Crippen LogP contribution in [0.2, 0.25) is 0 Å². The lowest BCUT2D eigenvalue weighted by Gasteiger charge is -2.25. The molecule has 3 heteroatoms. The highest BCUT2D eigenvalue weighted by Gasteiger charge is 2.16. The molecule has 0 saturated heterocycles. The molecule has 2 N–H and O–H groups in total. The molecular weight excluding hydrogens is 218 g/mol. The van der Waals surface area contributed by atoms with Crippen molar-refractivity contribution in [2.24, 2.45) is 5.92 Å². The van der Waals surface area contributed by atoms with E-state index in [1.54, 1.807) is 0 Å². The quantitative estimate of drug-likeness (QED) is 0.725. The molecule has 0 spiro atoms. The minimum absolute atomic E-state index is 0.239. The van der Waals surface area contributed by atoms with Gasteiger partial charge in [-0.2, -0.15) is 11.8 Å². The van der Waals surface area contributed by atoms with Gasteiger partial charge in [0.25, 0.3) is 0 Å². The second kappa shape index (κ2) is 7.57. The predicted molar refractivity (Wildman–Crippen MR) is 75.1 cm³/mol. The fraction of sp³-hybridized carbons (Fsp3) is 1.00. The van der Waals surface area contributed by atoms with Crippen LogP contribution in [0, 0.1) is 5.92 Å². The van der Waals surface area contributed by atoms with E-state index < -0.39 is 0 Å². The molecule has 0 aromatic heterocycles. The Balaban J connectivity index is 3.87. The summed E-state index contributed by atoms with van der Waals surface area (Å²) in [4.78, 5) is 0. The van der Waals surface area contributed by atoms with E-state index in [9.17, 15) is 5.11 Å². The first-order chi connectivity index (χ1) is 7.24. The number of thioether (sulfide) groups is 1. The van der Waals surface area contributed by atoms with Gasteiger partial charge in [0, 0.05) is 22.6 Å². The molecule has 16 heavy (non-hydrogen) atoms. The monoisotopic (exact) mass is 247 g/mol. The Labute approximate surface area is 106 Å². The van der Waals surface area contributed by atoms with Crippen LogP contribution in [-0.4, -0.2) is 34.3 Å². The van der Waals surface area contributed by atoms with Gasteiger partial charge in [-0.25, -0.2) is 0 Å². The number of nitrogens with one attached hydrogen (secondary N) is 1. The normalized spacial score (nSPS) is 16.5. The second-order valence-electron chi connectivity index (χ2n) is 6.00. The minimum Gasteiger partial charge on any atom is -0.395 e. The van der Waals surface area contributed by atoms with E-state index in [-0.39, 0.29) is 12.6 Å². The van der Waals surface area contributed by atoms with Gasteiger partial charge in [0.15, 0.2) is 0 Å². The lowest BCUT2D eigenvalue weighted by Crippen LogP contribution is -2.41. The van der Waals surface area contributed by atoms with Gasteiger partial charge < -0.3 is 10.4 Å². The zero-order valence-electron chi connectivity index (χ0n) is 11.7. The number of aliphatic hydroxyl groups is 1. The number of hydrogen-bond acceptors (Lipinski definition) is 3. The minimum atomic E-state index is 0.239. The van der Waals surface area contributed by atoms with Crippen LogP contribution in [0.3, 0.4) is 0 Å². The van der Waals surface area contributed by atoms with Crippen molar-refractivity contribution < 1.29 is 5.11 Å². The summed E-state index contributed by atoms with van der Waals surface area (Å²) in [5.41, 5.74) is 0. The zero-order chi connectivity index (χ0) is 12.8. The van der Waals surface area contributed by atoms with E-state index in [1.807, 2.05) is 11.8 Å². The molecule has 0 radical (unpaired) electrons. The van der Waals surface area contributed by atoms with E-state index in [4.69, 9.17) is 0 Å². The summed E-state index contributed by atoms with van der Waals surface area (Å²) in [5, 5.41) is 12.8. The van der Waals surface area contributed by atoms with E-state index in [2.05, 4.69) is 46.9 Å². The second-order valence-corrected chi connectivity index (χ2v) is 7.85. The van der Waals surface area contributed by atoms with Crippen LogP contribution in [0.4, 0.5) is 0 Å². The number of aliphatic hydroxyl groups excluding tert-OH is 1. The molecule has 0 amide bonds. The summed E-state index contributed by atoms with van der Waals surface area (Å²) in [6, 6.07) is 0.704. The Morgan fingerprint density at radius 1 is 1.19 bits per heavy atom. The van der Waals surface area contributed by atoms with Gasteiger partial charge in [-0.05, 0) is 19.3 Å². The van der Waals surface area contributed by atoms with Gasteiger partial charge in [-0.15, -0.1) is 0 Å². The van der Waals surface area contributed by atoms with Crippen LogP contribution in [0.15, 0.2) is 0 Å². The highest BCUT2D eigenvalue weighted by atomic mass is 32.2. The van der Waals surface area contributed by atoms with Gasteiger partial charge in [0.1, 0.15) is 0 Å². The van der Waals surface area contributed by atoms with Crippen molar-refractivity contribution in [2.75, 3.05) is 12.4 Å². The Morgan fingerprint density at radius 3 is 2.12 bits per heavy atom. The zero-order valence-corrected chi connectivity index (χ0v) is 12.5.